The average molecular weight is 488 g/mol. The molecule has 1 N–H and O–H groups in total. The number of aryl methyl sites for hydroxylation is 1. The molecule has 1 heterocycles. The molecule has 3 aromatic rings. The third-order valence-corrected chi connectivity index (χ3v) is 5.56. The van der Waals surface area contributed by atoms with Gasteiger partial charge in [-0.15, -0.1) is 0 Å². The van der Waals surface area contributed by atoms with Crippen molar-refractivity contribution in [3.05, 3.63) is 71.4 Å². The Morgan fingerprint density at radius 1 is 1.06 bits per heavy atom. The Labute approximate surface area is 206 Å². The summed E-state index contributed by atoms with van der Waals surface area (Å²) in [6.07, 6.45) is 2.28. The van der Waals surface area contributed by atoms with Gasteiger partial charge in [-0.05, 0) is 62.7 Å². The van der Waals surface area contributed by atoms with Crippen LogP contribution < -0.4 is 4.74 Å². The highest BCUT2D eigenvalue weighted by atomic mass is 19.1. The van der Waals surface area contributed by atoms with E-state index in [1.807, 2.05) is 6.92 Å². The minimum Gasteiger partial charge on any atom is -0.438 e. The number of unbranched alkanes of at least 4 members (excludes halogenated alkanes) is 1. The fourth-order valence-electron chi connectivity index (χ4n) is 3.82. The first-order valence-corrected chi connectivity index (χ1v) is 12.2. The second kappa shape index (κ2) is 13.3. The van der Waals surface area contributed by atoms with E-state index in [1.165, 1.54) is 24.3 Å². The van der Waals surface area contributed by atoms with Crippen molar-refractivity contribution in [2.75, 3.05) is 26.3 Å². The SMILES string of the molecule is CCCCOC[C@@H](O)CN(CCC)Cc1c(C)nn(-c2ccc(F)cc2)c1Oc1cccc(F)c1. The van der Waals surface area contributed by atoms with Gasteiger partial charge in [-0.2, -0.15) is 5.10 Å². The molecular formula is C27H35F2N3O3. The third-order valence-electron chi connectivity index (χ3n) is 5.56. The molecule has 0 saturated carbocycles. The standard InChI is InChI=1S/C27H35F2N3O3/c1-4-6-15-34-19-24(33)17-31(14-5-2)18-26-20(3)30-32(23-12-10-21(28)11-13-23)27(26)35-25-9-7-8-22(29)16-25/h7-13,16,24,33H,4-6,14-15,17-19H2,1-3H3/t24-/m0/s1. The van der Waals surface area contributed by atoms with Gasteiger partial charge in [-0.25, -0.2) is 13.5 Å². The van der Waals surface area contributed by atoms with Gasteiger partial charge in [0.15, 0.2) is 0 Å². The molecule has 0 aliphatic heterocycles. The van der Waals surface area contributed by atoms with Crippen molar-refractivity contribution >= 4 is 0 Å². The predicted molar refractivity (Wildman–Crippen MR) is 132 cm³/mol. The first-order chi connectivity index (χ1) is 16.9. The molecule has 0 saturated heterocycles. The molecule has 3 rings (SSSR count). The van der Waals surface area contributed by atoms with Gasteiger partial charge in [-0.1, -0.05) is 26.3 Å². The van der Waals surface area contributed by atoms with Gasteiger partial charge < -0.3 is 14.6 Å². The highest BCUT2D eigenvalue weighted by Crippen LogP contribution is 2.32. The molecule has 0 unspecified atom stereocenters. The van der Waals surface area contributed by atoms with Crippen LogP contribution in [0.15, 0.2) is 48.5 Å². The van der Waals surface area contributed by atoms with Gasteiger partial charge in [0.2, 0.25) is 5.88 Å². The largest absolute Gasteiger partial charge is 0.438 e. The molecule has 0 radical (unpaired) electrons. The maximum absolute atomic E-state index is 13.9. The third kappa shape index (κ3) is 7.85. The number of aliphatic hydroxyl groups is 1. The number of nitrogens with zero attached hydrogens (tertiary/aromatic N) is 3. The molecule has 1 aromatic heterocycles. The number of halogens is 2. The van der Waals surface area contributed by atoms with E-state index in [-0.39, 0.29) is 12.4 Å². The van der Waals surface area contributed by atoms with E-state index in [4.69, 9.17) is 9.47 Å². The summed E-state index contributed by atoms with van der Waals surface area (Å²) in [6, 6.07) is 11.9. The van der Waals surface area contributed by atoms with E-state index >= 15 is 0 Å². The average Bonchev–Trinajstić information content (AvgIpc) is 3.12. The maximum Gasteiger partial charge on any atom is 0.227 e. The lowest BCUT2D eigenvalue weighted by molar-refractivity contribution is 0.0143. The van der Waals surface area contributed by atoms with Gasteiger partial charge in [0, 0.05) is 25.8 Å². The molecule has 35 heavy (non-hydrogen) atoms. The molecule has 1 atom stereocenters. The minimum atomic E-state index is -0.626. The Balaban J connectivity index is 1.89. The molecule has 8 heteroatoms. The topological polar surface area (TPSA) is 59.8 Å². The van der Waals surface area contributed by atoms with Crippen molar-refractivity contribution in [3.8, 4) is 17.3 Å². The van der Waals surface area contributed by atoms with Crippen LogP contribution in [0.4, 0.5) is 8.78 Å². The molecule has 6 nitrogen and oxygen atoms in total. The van der Waals surface area contributed by atoms with Crippen LogP contribution in [-0.2, 0) is 11.3 Å². The second-order valence-electron chi connectivity index (χ2n) is 8.63. The molecule has 190 valence electrons. The van der Waals surface area contributed by atoms with E-state index in [9.17, 15) is 13.9 Å². The number of aliphatic hydroxyl groups excluding tert-OH is 1. The van der Waals surface area contributed by atoms with Crippen LogP contribution in [0, 0.1) is 18.6 Å². The molecular weight excluding hydrogens is 452 g/mol. The summed E-state index contributed by atoms with van der Waals surface area (Å²) in [7, 11) is 0. The van der Waals surface area contributed by atoms with E-state index < -0.39 is 11.9 Å². The van der Waals surface area contributed by atoms with Crippen LogP contribution in [-0.4, -0.2) is 52.2 Å². The van der Waals surface area contributed by atoms with Crippen LogP contribution in [0.2, 0.25) is 0 Å². The lowest BCUT2D eigenvalue weighted by atomic mass is 10.2. The fourth-order valence-corrected chi connectivity index (χ4v) is 3.82. The van der Waals surface area contributed by atoms with Crippen LogP contribution in [0.25, 0.3) is 5.69 Å². The van der Waals surface area contributed by atoms with Crippen molar-refractivity contribution in [2.45, 2.75) is 52.7 Å². The molecule has 0 spiro atoms. The molecule has 0 aliphatic carbocycles. The van der Waals surface area contributed by atoms with Crippen LogP contribution in [0.5, 0.6) is 11.6 Å². The number of hydrogen-bond acceptors (Lipinski definition) is 5. The molecule has 0 bridgehead atoms. The predicted octanol–water partition coefficient (Wildman–Crippen LogP) is 5.64. The molecule has 0 amide bonds. The van der Waals surface area contributed by atoms with Gasteiger partial charge in [0.1, 0.15) is 17.4 Å². The van der Waals surface area contributed by atoms with Gasteiger partial charge in [0.25, 0.3) is 0 Å². The van der Waals surface area contributed by atoms with E-state index in [2.05, 4.69) is 23.8 Å². The monoisotopic (exact) mass is 487 g/mol. The molecule has 2 aromatic carbocycles. The fraction of sp³-hybridized carbons (Fsp3) is 0.444. The van der Waals surface area contributed by atoms with Crippen molar-refractivity contribution in [1.82, 2.24) is 14.7 Å². The zero-order chi connectivity index (χ0) is 25.2. The number of hydrogen-bond donors (Lipinski definition) is 1. The number of benzene rings is 2. The first-order valence-electron chi connectivity index (χ1n) is 12.2. The summed E-state index contributed by atoms with van der Waals surface area (Å²) in [6.45, 7) is 8.63. The second-order valence-corrected chi connectivity index (χ2v) is 8.63. The highest BCUT2D eigenvalue weighted by molar-refractivity contribution is 5.43. The van der Waals surface area contributed by atoms with Gasteiger partial charge >= 0.3 is 0 Å². The quantitative estimate of drug-likeness (QED) is 0.298. The van der Waals surface area contributed by atoms with Gasteiger partial charge in [-0.3, -0.25) is 4.90 Å². The summed E-state index contributed by atoms with van der Waals surface area (Å²) in [4.78, 5) is 2.13. The molecule has 0 fully saturated rings. The number of ether oxygens (including phenoxy) is 2. The molecule has 0 aliphatic rings. The van der Waals surface area contributed by atoms with Crippen LogP contribution in [0.1, 0.15) is 44.4 Å². The Morgan fingerprint density at radius 2 is 1.83 bits per heavy atom. The zero-order valence-corrected chi connectivity index (χ0v) is 20.7. The zero-order valence-electron chi connectivity index (χ0n) is 20.7. The van der Waals surface area contributed by atoms with E-state index in [0.29, 0.717) is 37.0 Å². The Bertz CT molecular complexity index is 1060. The Kier molecular flexibility index (Phi) is 10.2. The smallest absolute Gasteiger partial charge is 0.227 e. The summed E-state index contributed by atoms with van der Waals surface area (Å²) < 4.78 is 40.7. The maximum atomic E-state index is 13.9. The van der Waals surface area contributed by atoms with Crippen molar-refractivity contribution in [1.29, 1.82) is 0 Å². The lowest BCUT2D eigenvalue weighted by Gasteiger charge is -2.25. The highest BCUT2D eigenvalue weighted by Gasteiger charge is 2.22. The van der Waals surface area contributed by atoms with E-state index in [1.54, 1.807) is 28.9 Å². The summed E-state index contributed by atoms with van der Waals surface area (Å²) in [5.74, 6) is -0.00227. The van der Waals surface area contributed by atoms with Crippen molar-refractivity contribution in [2.24, 2.45) is 0 Å². The normalized spacial score (nSPS) is 12.3. The summed E-state index contributed by atoms with van der Waals surface area (Å²) >= 11 is 0. The minimum absolute atomic E-state index is 0.278. The van der Waals surface area contributed by atoms with Crippen LogP contribution in [0.3, 0.4) is 0 Å². The number of rotatable bonds is 14. The lowest BCUT2D eigenvalue weighted by Crippen LogP contribution is -2.35. The van der Waals surface area contributed by atoms with Crippen LogP contribution >= 0.6 is 0 Å². The Hall–Kier alpha value is -2.81. The van der Waals surface area contributed by atoms with Crippen molar-refractivity contribution < 1.29 is 23.4 Å². The summed E-state index contributed by atoms with van der Waals surface area (Å²) in [5, 5.41) is 15.2. The number of aromatic nitrogens is 2. The Morgan fingerprint density at radius 3 is 2.51 bits per heavy atom. The van der Waals surface area contributed by atoms with E-state index in [0.717, 1.165) is 37.1 Å². The first kappa shape index (κ1) is 26.8. The van der Waals surface area contributed by atoms with Crippen molar-refractivity contribution in [3.63, 3.8) is 0 Å². The summed E-state index contributed by atoms with van der Waals surface area (Å²) in [5.41, 5.74) is 2.17. The van der Waals surface area contributed by atoms with Gasteiger partial charge in [0.05, 0.1) is 29.7 Å².